The first-order valence-corrected chi connectivity index (χ1v) is 7.93. The predicted molar refractivity (Wildman–Crippen MR) is 81.3 cm³/mol. The molecule has 5 nitrogen and oxygen atoms in total. The summed E-state index contributed by atoms with van der Waals surface area (Å²) in [5.41, 5.74) is 6.92. The van der Waals surface area contributed by atoms with Gasteiger partial charge in [-0.3, -0.25) is 4.79 Å². The third-order valence-corrected chi connectivity index (χ3v) is 4.58. The molecule has 0 aromatic heterocycles. The second-order valence-electron chi connectivity index (χ2n) is 4.44. The summed E-state index contributed by atoms with van der Waals surface area (Å²) in [6.07, 6.45) is 0. The molecule has 0 unspecified atom stereocenters. The molecule has 0 aliphatic carbocycles. The average molecular weight is 304 g/mol. The van der Waals surface area contributed by atoms with Crippen LogP contribution in [0.1, 0.15) is 17.3 Å². The molecule has 0 aliphatic rings. The zero-order chi connectivity index (χ0) is 15.5. The summed E-state index contributed by atoms with van der Waals surface area (Å²) in [6, 6.07) is 13.9. The Hall–Kier alpha value is -2.18. The number of carbonyl (C=O) groups excluding carboxylic acids is 1. The van der Waals surface area contributed by atoms with Crippen molar-refractivity contribution in [2.24, 2.45) is 5.73 Å². The Morgan fingerprint density at radius 2 is 1.76 bits per heavy atom. The Morgan fingerprint density at radius 1 is 1.10 bits per heavy atom. The van der Waals surface area contributed by atoms with Crippen LogP contribution in [-0.2, 0) is 10.0 Å². The SMILES string of the molecule is CCNS(=O)(=O)c1ccc(-c2ccccc2)cc1C(N)=O. The van der Waals surface area contributed by atoms with Gasteiger partial charge in [-0.15, -0.1) is 0 Å². The highest BCUT2D eigenvalue weighted by molar-refractivity contribution is 7.89. The second kappa shape index (κ2) is 6.07. The number of carbonyl (C=O) groups is 1. The quantitative estimate of drug-likeness (QED) is 0.882. The molecular formula is C15H16N2O3S. The van der Waals surface area contributed by atoms with Crippen LogP contribution in [0.2, 0.25) is 0 Å². The molecule has 0 radical (unpaired) electrons. The van der Waals surface area contributed by atoms with Crippen LogP contribution >= 0.6 is 0 Å². The average Bonchev–Trinajstić information content (AvgIpc) is 2.47. The summed E-state index contributed by atoms with van der Waals surface area (Å²) < 4.78 is 26.5. The number of nitrogens with two attached hydrogens (primary N) is 1. The Bertz CT molecular complexity index is 756. The summed E-state index contributed by atoms with van der Waals surface area (Å²) in [5.74, 6) is -0.774. The van der Waals surface area contributed by atoms with Crippen molar-refractivity contribution in [3.05, 3.63) is 54.1 Å². The van der Waals surface area contributed by atoms with Gasteiger partial charge in [-0.1, -0.05) is 43.3 Å². The van der Waals surface area contributed by atoms with Crippen LogP contribution in [-0.4, -0.2) is 20.9 Å². The highest BCUT2D eigenvalue weighted by atomic mass is 32.2. The zero-order valence-electron chi connectivity index (χ0n) is 11.5. The molecule has 2 aromatic carbocycles. The van der Waals surface area contributed by atoms with E-state index in [0.717, 1.165) is 11.1 Å². The third kappa shape index (κ3) is 3.29. The molecule has 2 aromatic rings. The molecule has 1 amide bonds. The zero-order valence-corrected chi connectivity index (χ0v) is 12.4. The monoisotopic (exact) mass is 304 g/mol. The molecule has 0 spiro atoms. The van der Waals surface area contributed by atoms with Crippen LogP contribution in [0.25, 0.3) is 11.1 Å². The molecule has 2 rings (SSSR count). The van der Waals surface area contributed by atoms with Gasteiger partial charge >= 0.3 is 0 Å². The molecule has 6 heteroatoms. The highest BCUT2D eigenvalue weighted by Gasteiger charge is 2.21. The fraction of sp³-hybridized carbons (Fsp3) is 0.133. The number of hydrogen-bond acceptors (Lipinski definition) is 3. The van der Waals surface area contributed by atoms with Gasteiger partial charge in [-0.05, 0) is 23.3 Å². The van der Waals surface area contributed by atoms with Gasteiger partial charge < -0.3 is 5.73 Å². The number of benzene rings is 2. The van der Waals surface area contributed by atoms with E-state index in [1.165, 1.54) is 12.1 Å². The highest BCUT2D eigenvalue weighted by Crippen LogP contribution is 2.24. The number of amides is 1. The fourth-order valence-corrected chi connectivity index (χ4v) is 3.27. The Kier molecular flexibility index (Phi) is 4.40. The van der Waals surface area contributed by atoms with E-state index in [9.17, 15) is 13.2 Å². The molecule has 110 valence electrons. The van der Waals surface area contributed by atoms with Gasteiger partial charge in [-0.25, -0.2) is 13.1 Å². The van der Waals surface area contributed by atoms with Crippen LogP contribution in [0.15, 0.2) is 53.4 Å². The Labute approximate surface area is 123 Å². The van der Waals surface area contributed by atoms with Crippen molar-refractivity contribution in [1.82, 2.24) is 4.72 Å². The minimum Gasteiger partial charge on any atom is -0.366 e. The lowest BCUT2D eigenvalue weighted by Crippen LogP contribution is -2.26. The first kappa shape index (κ1) is 15.2. The standard InChI is InChI=1S/C15H16N2O3S/c1-2-17-21(19,20)14-9-8-12(10-13(14)15(16)18)11-6-4-3-5-7-11/h3-10,17H,2H2,1H3,(H2,16,18). The second-order valence-corrected chi connectivity index (χ2v) is 6.18. The van der Waals surface area contributed by atoms with Crippen molar-refractivity contribution in [1.29, 1.82) is 0 Å². The molecular weight excluding hydrogens is 288 g/mol. The van der Waals surface area contributed by atoms with Crippen LogP contribution in [0, 0.1) is 0 Å². The molecule has 0 atom stereocenters. The van der Waals surface area contributed by atoms with Gasteiger partial charge in [0.1, 0.15) is 0 Å². The summed E-state index contributed by atoms with van der Waals surface area (Å²) >= 11 is 0. The van der Waals surface area contributed by atoms with E-state index in [1.54, 1.807) is 13.0 Å². The van der Waals surface area contributed by atoms with Crippen molar-refractivity contribution >= 4 is 15.9 Å². The van der Waals surface area contributed by atoms with Gasteiger partial charge in [0.05, 0.1) is 10.5 Å². The molecule has 0 saturated carbocycles. The molecule has 0 heterocycles. The number of sulfonamides is 1. The molecule has 0 aliphatic heterocycles. The van der Waals surface area contributed by atoms with E-state index in [1.807, 2.05) is 30.3 Å². The van der Waals surface area contributed by atoms with Gasteiger partial charge in [-0.2, -0.15) is 0 Å². The maximum Gasteiger partial charge on any atom is 0.250 e. The summed E-state index contributed by atoms with van der Waals surface area (Å²) in [4.78, 5) is 11.5. The number of hydrogen-bond donors (Lipinski definition) is 2. The van der Waals surface area contributed by atoms with E-state index < -0.39 is 15.9 Å². The third-order valence-electron chi connectivity index (χ3n) is 2.98. The Morgan fingerprint density at radius 3 is 2.33 bits per heavy atom. The molecule has 0 fully saturated rings. The Balaban J connectivity index is 2.59. The smallest absolute Gasteiger partial charge is 0.250 e. The van der Waals surface area contributed by atoms with E-state index in [4.69, 9.17) is 5.73 Å². The van der Waals surface area contributed by atoms with Gasteiger partial charge in [0.15, 0.2) is 0 Å². The van der Waals surface area contributed by atoms with E-state index in [0.29, 0.717) is 0 Å². The molecule has 0 saturated heterocycles. The van der Waals surface area contributed by atoms with Crippen molar-refractivity contribution in [2.75, 3.05) is 6.54 Å². The maximum atomic E-state index is 12.1. The molecule has 0 bridgehead atoms. The number of primary amides is 1. The minimum atomic E-state index is -3.74. The lowest BCUT2D eigenvalue weighted by atomic mass is 10.0. The minimum absolute atomic E-state index is 0.0164. The van der Waals surface area contributed by atoms with Crippen LogP contribution in [0.4, 0.5) is 0 Å². The van der Waals surface area contributed by atoms with Crippen LogP contribution < -0.4 is 10.5 Å². The van der Waals surface area contributed by atoms with Gasteiger partial charge in [0.25, 0.3) is 0 Å². The van der Waals surface area contributed by atoms with E-state index in [2.05, 4.69) is 4.72 Å². The van der Waals surface area contributed by atoms with Crippen molar-refractivity contribution in [3.63, 3.8) is 0 Å². The van der Waals surface area contributed by atoms with Crippen molar-refractivity contribution in [3.8, 4) is 11.1 Å². The fourth-order valence-electron chi connectivity index (χ4n) is 2.03. The lowest BCUT2D eigenvalue weighted by Gasteiger charge is -2.10. The summed E-state index contributed by atoms with van der Waals surface area (Å²) in [6.45, 7) is 1.90. The molecule has 3 N–H and O–H groups in total. The number of nitrogens with one attached hydrogen (secondary N) is 1. The molecule has 21 heavy (non-hydrogen) atoms. The van der Waals surface area contributed by atoms with Gasteiger partial charge in [0, 0.05) is 6.54 Å². The normalized spacial score (nSPS) is 11.3. The van der Waals surface area contributed by atoms with Crippen molar-refractivity contribution in [2.45, 2.75) is 11.8 Å². The van der Waals surface area contributed by atoms with Crippen molar-refractivity contribution < 1.29 is 13.2 Å². The number of rotatable bonds is 5. The maximum absolute atomic E-state index is 12.1. The first-order chi connectivity index (χ1) is 9.95. The summed E-state index contributed by atoms with van der Waals surface area (Å²) in [7, 11) is -3.74. The van der Waals surface area contributed by atoms with E-state index >= 15 is 0 Å². The van der Waals surface area contributed by atoms with Gasteiger partial charge in [0.2, 0.25) is 15.9 Å². The topological polar surface area (TPSA) is 89.3 Å². The predicted octanol–water partition coefficient (Wildman–Crippen LogP) is 1.75. The van der Waals surface area contributed by atoms with Crippen LogP contribution in [0.3, 0.4) is 0 Å². The van der Waals surface area contributed by atoms with E-state index in [-0.39, 0.29) is 17.0 Å². The van der Waals surface area contributed by atoms with Crippen LogP contribution in [0.5, 0.6) is 0 Å². The largest absolute Gasteiger partial charge is 0.366 e. The summed E-state index contributed by atoms with van der Waals surface area (Å²) in [5, 5.41) is 0. The lowest BCUT2D eigenvalue weighted by molar-refractivity contribution is 0.0997. The first-order valence-electron chi connectivity index (χ1n) is 6.44.